The lowest BCUT2D eigenvalue weighted by atomic mass is 9.87. The second-order valence-electron chi connectivity index (χ2n) is 17.9. The number of nitrogens with two attached hydrogens (primary N) is 1. The summed E-state index contributed by atoms with van der Waals surface area (Å²) in [5.74, 6) is -4.16. The molecule has 18 nitrogen and oxygen atoms in total. The molecule has 66 heavy (non-hydrogen) atoms. The molecule has 2 bridgehead atoms. The summed E-state index contributed by atoms with van der Waals surface area (Å²) in [5.41, 5.74) is 6.06. The molecular weight excluding hydrogens is 861 g/mol. The van der Waals surface area contributed by atoms with Gasteiger partial charge in [-0.05, 0) is 33.1 Å². The third kappa shape index (κ3) is 19.3. The quantitative estimate of drug-likeness (QED) is 0.172. The molecule has 3 rings (SSSR count). The first-order valence-electron chi connectivity index (χ1n) is 22.8. The normalized spacial score (nSPS) is 44.9. The number of aliphatic hydroxyl groups excluding tert-OH is 9. The molecule has 0 spiro atoms. The van der Waals surface area contributed by atoms with Gasteiger partial charge in [0.05, 0.1) is 85.6 Å². The van der Waals surface area contributed by atoms with E-state index in [4.69, 9.17) is 24.7 Å². The van der Waals surface area contributed by atoms with Gasteiger partial charge in [-0.3, -0.25) is 9.59 Å². The molecule has 0 aliphatic carbocycles. The van der Waals surface area contributed by atoms with E-state index in [0.717, 1.165) is 0 Å². The Morgan fingerprint density at radius 3 is 1.85 bits per heavy atom. The summed E-state index contributed by atoms with van der Waals surface area (Å²) < 4.78 is 23.5. The standard InChI is InChI=1S/C48H76N2O16/c1-28-18-16-14-12-10-8-6-7-9-11-13-15-17-19-36(65-47-46(61)42(49)45(60)31(4)64-47)25-40-43(50-32(5)51)39(57)27-48(62,66-40)26-35(54)23-38(56)37(55)21-20-33(52)22-34(53)24-41(58)63-30(3)29(2)44(28)59/h6-19,28-31,33-40,42-47,52-57,59-62H,20-27,49H2,1-5H3,(H,50,51)/b7-6+,10-8+,11-9+,14-12+,15-13+,18-16+,19-17+/t28?,29-,30-,31+,33+,34+,35-,36-,37+,38+,39-,40?,42-,43+,44+,45+,46-,47-,48+/m0/s1. The van der Waals surface area contributed by atoms with Crippen molar-refractivity contribution >= 4 is 11.9 Å². The van der Waals surface area contributed by atoms with Crippen LogP contribution in [0.25, 0.3) is 0 Å². The van der Waals surface area contributed by atoms with Gasteiger partial charge < -0.3 is 81.1 Å². The average Bonchev–Trinajstić information content (AvgIpc) is 3.23. The molecule has 13 N–H and O–H groups in total. The highest BCUT2D eigenvalue weighted by Gasteiger charge is 2.49. The third-order valence-corrected chi connectivity index (χ3v) is 12.1. The van der Waals surface area contributed by atoms with Crippen molar-refractivity contribution in [2.45, 2.75) is 189 Å². The molecule has 18 heteroatoms. The lowest BCUT2D eigenvalue weighted by Crippen LogP contribution is -2.63. The van der Waals surface area contributed by atoms with Crippen LogP contribution in [0.2, 0.25) is 0 Å². The van der Waals surface area contributed by atoms with Gasteiger partial charge >= 0.3 is 5.97 Å². The number of aliphatic hydroxyl groups is 10. The topological polar surface area (TPSA) is 311 Å². The van der Waals surface area contributed by atoms with E-state index in [0.29, 0.717) is 0 Å². The van der Waals surface area contributed by atoms with Crippen molar-refractivity contribution < 1.29 is 79.6 Å². The van der Waals surface area contributed by atoms with E-state index >= 15 is 0 Å². The fourth-order valence-corrected chi connectivity index (χ4v) is 8.07. The van der Waals surface area contributed by atoms with Crippen LogP contribution < -0.4 is 11.1 Å². The number of amides is 1. The van der Waals surface area contributed by atoms with Crippen LogP contribution in [-0.4, -0.2) is 166 Å². The maximum absolute atomic E-state index is 12.6. The lowest BCUT2D eigenvalue weighted by molar-refractivity contribution is -0.303. The Morgan fingerprint density at radius 2 is 1.26 bits per heavy atom. The number of ether oxygens (including phenoxy) is 4. The van der Waals surface area contributed by atoms with Crippen LogP contribution in [0.4, 0.5) is 0 Å². The zero-order valence-electron chi connectivity index (χ0n) is 38.6. The summed E-state index contributed by atoms with van der Waals surface area (Å²) in [6.07, 6.45) is 5.48. The maximum Gasteiger partial charge on any atom is 0.308 e. The van der Waals surface area contributed by atoms with E-state index in [1.165, 1.54) is 6.92 Å². The molecule has 2 unspecified atom stereocenters. The second kappa shape index (κ2) is 28.1. The first-order valence-corrected chi connectivity index (χ1v) is 22.8. The number of cyclic esters (lactones) is 1. The van der Waals surface area contributed by atoms with Gasteiger partial charge in [-0.1, -0.05) is 98.9 Å². The van der Waals surface area contributed by atoms with Gasteiger partial charge in [0.1, 0.15) is 12.2 Å². The highest BCUT2D eigenvalue weighted by atomic mass is 16.7. The number of nitrogens with one attached hydrogen (secondary N) is 1. The van der Waals surface area contributed by atoms with Crippen molar-refractivity contribution in [3.05, 3.63) is 85.1 Å². The molecule has 3 heterocycles. The van der Waals surface area contributed by atoms with Crippen molar-refractivity contribution in [2.24, 2.45) is 17.6 Å². The predicted octanol–water partition coefficient (Wildman–Crippen LogP) is 0.516. The molecule has 2 fully saturated rings. The molecule has 0 radical (unpaired) electrons. The third-order valence-electron chi connectivity index (χ3n) is 12.1. The minimum atomic E-state index is -2.21. The largest absolute Gasteiger partial charge is 0.462 e. The summed E-state index contributed by atoms with van der Waals surface area (Å²) in [7, 11) is 0. The van der Waals surface area contributed by atoms with Gasteiger partial charge in [-0.15, -0.1) is 0 Å². The molecule has 0 aromatic rings. The summed E-state index contributed by atoms with van der Waals surface area (Å²) in [6, 6.07) is -2.19. The Balaban J connectivity index is 1.87. The monoisotopic (exact) mass is 937 g/mol. The minimum absolute atomic E-state index is 0.0853. The fraction of sp³-hybridized carbons (Fsp3) is 0.667. The summed E-state index contributed by atoms with van der Waals surface area (Å²) in [6.45, 7) is 8.04. The van der Waals surface area contributed by atoms with Gasteiger partial charge in [0, 0.05) is 44.4 Å². The van der Waals surface area contributed by atoms with Gasteiger partial charge in [0.25, 0.3) is 0 Å². The van der Waals surface area contributed by atoms with Crippen LogP contribution in [0, 0.1) is 11.8 Å². The van der Waals surface area contributed by atoms with Crippen molar-refractivity contribution in [2.75, 3.05) is 0 Å². The molecule has 19 atom stereocenters. The molecule has 0 aromatic carbocycles. The Kier molecular flexibility index (Phi) is 24.3. The Labute approximate surface area is 388 Å². The van der Waals surface area contributed by atoms with Gasteiger partial charge in [-0.2, -0.15) is 0 Å². The smallest absolute Gasteiger partial charge is 0.308 e. The highest BCUT2D eigenvalue weighted by molar-refractivity contribution is 5.73. The molecule has 374 valence electrons. The predicted molar refractivity (Wildman–Crippen MR) is 243 cm³/mol. The molecule has 3 aliphatic heterocycles. The number of fused-ring (bicyclic) bond motifs is 2. The van der Waals surface area contributed by atoms with Gasteiger partial charge in [0.2, 0.25) is 5.91 Å². The Morgan fingerprint density at radius 1 is 0.682 bits per heavy atom. The van der Waals surface area contributed by atoms with Crippen LogP contribution in [0.3, 0.4) is 0 Å². The number of carbonyl (C=O) groups is 2. The zero-order valence-corrected chi connectivity index (χ0v) is 38.6. The number of esters is 1. The fourth-order valence-electron chi connectivity index (χ4n) is 8.07. The van der Waals surface area contributed by atoms with Crippen LogP contribution in [-0.2, 0) is 28.5 Å². The summed E-state index contributed by atoms with van der Waals surface area (Å²) in [4.78, 5) is 24.9. The molecule has 2 saturated heterocycles. The van der Waals surface area contributed by atoms with Gasteiger partial charge in [0.15, 0.2) is 12.1 Å². The number of allylic oxidation sites excluding steroid dienone is 12. The van der Waals surface area contributed by atoms with Crippen LogP contribution in [0.5, 0.6) is 0 Å². The van der Waals surface area contributed by atoms with Crippen molar-refractivity contribution in [3.8, 4) is 0 Å². The molecule has 0 aromatic heterocycles. The summed E-state index contributed by atoms with van der Waals surface area (Å²) in [5, 5.41) is 111. The van der Waals surface area contributed by atoms with Crippen molar-refractivity contribution in [3.63, 3.8) is 0 Å². The van der Waals surface area contributed by atoms with E-state index in [1.54, 1.807) is 63.3 Å². The van der Waals surface area contributed by atoms with E-state index < -0.39 is 147 Å². The molecule has 1 amide bonds. The van der Waals surface area contributed by atoms with Gasteiger partial charge in [-0.25, -0.2) is 0 Å². The number of carbonyl (C=O) groups excluding carboxylic acids is 2. The maximum atomic E-state index is 12.6. The molecule has 3 aliphatic rings. The first-order chi connectivity index (χ1) is 31.1. The zero-order chi connectivity index (χ0) is 49.1. The number of hydrogen-bond acceptors (Lipinski definition) is 17. The van der Waals surface area contributed by atoms with Crippen molar-refractivity contribution in [1.29, 1.82) is 0 Å². The highest BCUT2D eigenvalue weighted by Crippen LogP contribution is 2.35. The lowest BCUT2D eigenvalue weighted by Gasteiger charge is -2.46. The van der Waals surface area contributed by atoms with E-state index in [9.17, 15) is 60.7 Å². The number of rotatable bonds is 3. The Hall–Kier alpha value is -3.44. The minimum Gasteiger partial charge on any atom is -0.462 e. The van der Waals surface area contributed by atoms with Crippen LogP contribution in [0.15, 0.2) is 85.1 Å². The van der Waals surface area contributed by atoms with E-state index in [1.807, 2.05) is 49.5 Å². The number of hydrogen-bond donors (Lipinski definition) is 12. The SMILES string of the molecule is CC(=O)N[C@H]1C2C[C@@H](O[C@@H]3O[C@H](C)[C@@H](O)[C@H](N)[C@@H]3O)/C=C/C=C/C=C/C=C/C=C/C=C/C=C/C(C)[C@@H](O)[C@@H](C)[C@H](C)OC(=O)C[C@H](O)C[C@H](O)CC[C@@H](O)[C@H](O)C[C@H](O)C[C@](O)(C[C@@H]1O)O2. The molecule has 0 saturated carbocycles. The van der Waals surface area contributed by atoms with Crippen molar-refractivity contribution in [1.82, 2.24) is 5.32 Å². The van der Waals surface area contributed by atoms with Crippen LogP contribution >= 0.6 is 0 Å². The van der Waals surface area contributed by atoms with E-state index in [2.05, 4.69) is 5.32 Å². The second-order valence-corrected chi connectivity index (χ2v) is 17.9. The Bertz CT molecular complexity index is 1690. The molecular formula is C48H76N2O16. The van der Waals surface area contributed by atoms with E-state index in [-0.39, 0.29) is 31.6 Å². The first kappa shape index (κ1) is 56.9. The summed E-state index contributed by atoms with van der Waals surface area (Å²) >= 11 is 0. The average molecular weight is 937 g/mol. The van der Waals surface area contributed by atoms with Crippen LogP contribution in [0.1, 0.15) is 86.0 Å².